The number of rotatable bonds is 2. The van der Waals surface area contributed by atoms with Crippen LogP contribution in [0.3, 0.4) is 0 Å². The lowest BCUT2D eigenvalue weighted by molar-refractivity contribution is 0.102. The van der Waals surface area contributed by atoms with Crippen LogP contribution in [0.4, 0.5) is 24.5 Å². The highest BCUT2D eigenvalue weighted by Gasteiger charge is 2.15. The summed E-state index contributed by atoms with van der Waals surface area (Å²) in [7, 11) is 0. The van der Waals surface area contributed by atoms with Crippen molar-refractivity contribution in [1.82, 2.24) is 0 Å². The highest BCUT2D eigenvalue weighted by atomic mass is 19.2. The van der Waals surface area contributed by atoms with Gasteiger partial charge in [0.15, 0.2) is 11.6 Å². The molecule has 3 nitrogen and oxygen atoms in total. The predicted molar refractivity (Wildman–Crippen MR) is 69.9 cm³/mol. The lowest BCUT2D eigenvalue weighted by atomic mass is 10.1. The van der Waals surface area contributed by atoms with Crippen LogP contribution in [-0.2, 0) is 0 Å². The second kappa shape index (κ2) is 5.24. The zero-order chi connectivity index (χ0) is 14.9. The maximum Gasteiger partial charge on any atom is 0.257 e. The van der Waals surface area contributed by atoms with Crippen molar-refractivity contribution in [3.8, 4) is 0 Å². The van der Waals surface area contributed by atoms with Crippen molar-refractivity contribution in [2.45, 2.75) is 6.92 Å². The van der Waals surface area contributed by atoms with E-state index in [1.807, 2.05) is 0 Å². The van der Waals surface area contributed by atoms with E-state index in [1.165, 1.54) is 25.1 Å². The Kier molecular flexibility index (Phi) is 3.65. The number of nitrogens with one attached hydrogen (secondary N) is 1. The molecule has 0 atom stereocenters. The normalized spacial score (nSPS) is 10.4. The van der Waals surface area contributed by atoms with E-state index in [4.69, 9.17) is 5.73 Å². The summed E-state index contributed by atoms with van der Waals surface area (Å²) in [5.41, 5.74) is 5.53. The van der Waals surface area contributed by atoms with E-state index in [0.29, 0.717) is 6.07 Å². The fraction of sp³-hybridized carbons (Fsp3) is 0.0714. The van der Waals surface area contributed by atoms with Crippen LogP contribution in [0.15, 0.2) is 30.3 Å². The van der Waals surface area contributed by atoms with Crippen molar-refractivity contribution >= 4 is 17.3 Å². The standard InChI is InChI=1S/C14H11F3N2O/c1-7-9(15)3-2-4-13(7)19-14(20)8-5-10(16)11(17)6-12(8)18/h2-6H,18H2,1H3,(H,19,20). The van der Waals surface area contributed by atoms with Crippen molar-refractivity contribution in [3.05, 3.63) is 58.9 Å². The van der Waals surface area contributed by atoms with Crippen LogP contribution in [0.2, 0.25) is 0 Å². The molecule has 0 unspecified atom stereocenters. The van der Waals surface area contributed by atoms with Crippen molar-refractivity contribution in [3.63, 3.8) is 0 Å². The third-order valence-corrected chi connectivity index (χ3v) is 2.85. The molecule has 1 amide bonds. The van der Waals surface area contributed by atoms with Gasteiger partial charge < -0.3 is 11.1 Å². The summed E-state index contributed by atoms with van der Waals surface area (Å²) in [5, 5.41) is 2.41. The number of carbonyl (C=O) groups excluding carboxylic acids is 1. The molecular formula is C14H11F3N2O. The second-order valence-corrected chi connectivity index (χ2v) is 4.22. The minimum atomic E-state index is -1.18. The first-order valence-electron chi connectivity index (χ1n) is 5.71. The number of hydrogen-bond acceptors (Lipinski definition) is 2. The van der Waals surface area contributed by atoms with Crippen LogP contribution in [0.1, 0.15) is 15.9 Å². The first-order valence-corrected chi connectivity index (χ1v) is 5.71. The van der Waals surface area contributed by atoms with Crippen molar-refractivity contribution in [2.24, 2.45) is 0 Å². The van der Waals surface area contributed by atoms with Crippen molar-refractivity contribution in [2.75, 3.05) is 11.1 Å². The first kappa shape index (κ1) is 13.9. The lowest BCUT2D eigenvalue weighted by Gasteiger charge is -2.10. The van der Waals surface area contributed by atoms with Gasteiger partial charge in [-0.2, -0.15) is 0 Å². The molecule has 2 rings (SSSR count). The number of nitrogens with two attached hydrogens (primary N) is 1. The van der Waals surface area contributed by atoms with E-state index >= 15 is 0 Å². The molecule has 0 heterocycles. The van der Waals surface area contributed by atoms with Crippen LogP contribution in [0.25, 0.3) is 0 Å². The number of anilines is 2. The number of halogens is 3. The maximum atomic E-state index is 13.3. The Balaban J connectivity index is 2.33. The second-order valence-electron chi connectivity index (χ2n) is 4.22. The third kappa shape index (κ3) is 2.59. The fourth-order valence-corrected chi connectivity index (χ4v) is 1.69. The largest absolute Gasteiger partial charge is 0.398 e. The van der Waals surface area contributed by atoms with Gasteiger partial charge in [-0.3, -0.25) is 4.79 Å². The molecule has 2 aromatic rings. The van der Waals surface area contributed by atoms with Gasteiger partial charge in [0, 0.05) is 23.0 Å². The summed E-state index contributed by atoms with van der Waals surface area (Å²) in [4.78, 5) is 12.0. The van der Waals surface area contributed by atoms with Crippen LogP contribution in [0, 0.1) is 24.4 Å². The van der Waals surface area contributed by atoms with Gasteiger partial charge >= 0.3 is 0 Å². The van der Waals surface area contributed by atoms with Gasteiger partial charge in [-0.15, -0.1) is 0 Å². The number of benzene rings is 2. The number of hydrogen-bond donors (Lipinski definition) is 2. The van der Waals surface area contributed by atoms with E-state index in [-0.39, 0.29) is 22.5 Å². The Morgan fingerprint density at radius 2 is 1.75 bits per heavy atom. The zero-order valence-electron chi connectivity index (χ0n) is 10.5. The molecule has 104 valence electrons. The zero-order valence-corrected chi connectivity index (χ0v) is 10.5. The van der Waals surface area contributed by atoms with Gasteiger partial charge in [0.05, 0.1) is 5.56 Å². The smallest absolute Gasteiger partial charge is 0.257 e. The first-order chi connectivity index (χ1) is 9.40. The maximum absolute atomic E-state index is 13.3. The Bertz CT molecular complexity index is 686. The third-order valence-electron chi connectivity index (χ3n) is 2.85. The Morgan fingerprint density at radius 3 is 2.45 bits per heavy atom. The van der Waals surface area contributed by atoms with Gasteiger partial charge in [0.2, 0.25) is 0 Å². The summed E-state index contributed by atoms with van der Waals surface area (Å²) in [5.74, 6) is -3.54. The topological polar surface area (TPSA) is 55.1 Å². The minimum Gasteiger partial charge on any atom is -0.398 e. The minimum absolute atomic E-state index is 0.199. The SMILES string of the molecule is Cc1c(F)cccc1NC(=O)c1cc(F)c(F)cc1N. The molecule has 0 aliphatic heterocycles. The van der Waals surface area contributed by atoms with E-state index in [0.717, 1.165) is 6.07 Å². The average molecular weight is 280 g/mol. The van der Waals surface area contributed by atoms with Gasteiger partial charge in [-0.25, -0.2) is 13.2 Å². The summed E-state index contributed by atoms with van der Waals surface area (Å²) >= 11 is 0. The number of nitrogen functional groups attached to an aromatic ring is 1. The molecule has 0 aliphatic rings. The monoisotopic (exact) mass is 280 g/mol. The number of amides is 1. The molecule has 0 saturated carbocycles. The van der Waals surface area contributed by atoms with Crippen molar-refractivity contribution in [1.29, 1.82) is 0 Å². The average Bonchev–Trinajstić information content (AvgIpc) is 2.39. The Hall–Kier alpha value is -2.50. The van der Waals surface area contributed by atoms with E-state index in [9.17, 15) is 18.0 Å². The lowest BCUT2D eigenvalue weighted by Crippen LogP contribution is -2.16. The highest BCUT2D eigenvalue weighted by Crippen LogP contribution is 2.21. The van der Waals surface area contributed by atoms with Crippen LogP contribution in [0.5, 0.6) is 0 Å². The van der Waals surface area contributed by atoms with E-state index < -0.39 is 23.4 Å². The predicted octanol–water partition coefficient (Wildman–Crippen LogP) is 3.25. The van der Waals surface area contributed by atoms with Gasteiger partial charge in [-0.1, -0.05) is 6.07 Å². The molecule has 0 bridgehead atoms. The Labute approximate surface area is 113 Å². The van der Waals surface area contributed by atoms with Crippen LogP contribution >= 0.6 is 0 Å². The molecule has 2 aromatic carbocycles. The molecule has 0 radical (unpaired) electrons. The molecule has 0 saturated heterocycles. The molecular weight excluding hydrogens is 269 g/mol. The molecule has 3 N–H and O–H groups in total. The summed E-state index contributed by atoms with van der Waals surface area (Å²) < 4.78 is 39.4. The fourth-order valence-electron chi connectivity index (χ4n) is 1.69. The van der Waals surface area contributed by atoms with Gasteiger partial charge in [0.1, 0.15) is 5.82 Å². The Morgan fingerprint density at radius 1 is 1.10 bits per heavy atom. The quantitative estimate of drug-likeness (QED) is 0.830. The molecule has 0 aromatic heterocycles. The summed E-state index contributed by atoms with van der Waals surface area (Å²) in [6.45, 7) is 1.49. The summed E-state index contributed by atoms with van der Waals surface area (Å²) in [6, 6.07) is 5.59. The molecule has 6 heteroatoms. The van der Waals surface area contributed by atoms with E-state index in [2.05, 4.69) is 5.32 Å². The van der Waals surface area contributed by atoms with E-state index in [1.54, 1.807) is 0 Å². The molecule has 20 heavy (non-hydrogen) atoms. The van der Waals surface area contributed by atoms with Crippen LogP contribution in [-0.4, -0.2) is 5.91 Å². The molecule has 0 fully saturated rings. The number of carbonyl (C=O) groups is 1. The molecule has 0 aliphatic carbocycles. The highest BCUT2D eigenvalue weighted by molar-refractivity contribution is 6.08. The van der Waals surface area contributed by atoms with Gasteiger partial charge in [0.25, 0.3) is 5.91 Å². The van der Waals surface area contributed by atoms with Gasteiger partial charge in [-0.05, 0) is 25.1 Å². The summed E-state index contributed by atoms with van der Waals surface area (Å²) in [6.07, 6.45) is 0. The van der Waals surface area contributed by atoms with Crippen LogP contribution < -0.4 is 11.1 Å². The van der Waals surface area contributed by atoms with Crippen molar-refractivity contribution < 1.29 is 18.0 Å². The molecule has 0 spiro atoms.